The van der Waals surface area contributed by atoms with Crippen molar-refractivity contribution in [3.05, 3.63) is 145 Å². The molecule has 7 aromatic carbocycles. The molecule has 0 aliphatic carbocycles. The summed E-state index contributed by atoms with van der Waals surface area (Å²) in [6.07, 6.45) is 0. The maximum atomic E-state index is 2.64. The van der Waals surface area contributed by atoms with Crippen LogP contribution in [-0.4, -0.2) is 15.7 Å². The molecule has 0 N–H and O–H groups in total. The number of nitrogens with zero attached hydrogens (tertiary/aromatic N) is 3. The van der Waals surface area contributed by atoms with E-state index in [1.807, 2.05) is 0 Å². The molecule has 54 heavy (non-hydrogen) atoms. The fraction of sp³-hybridized carbons (Fsp3) is 0.160. The molecule has 4 heteroatoms. The zero-order chi connectivity index (χ0) is 36.4. The summed E-state index contributed by atoms with van der Waals surface area (Å²) < 4.78 is 5.15. The Hall–Kier alpha value is -6.00. The van der Waals surface area contributed by atoms with Crippen molar-refractivity contribution in [1.29, 1.82) is 0 Å². The van der Waals surface area contributed by atoms with E-state index >= 15 is 0 Å². The standard InChI is InChI=1S/C50H40BN3/c1-49(2,3)29-20-23-31(24-21-29)52-40-26-22-30(50(4,5)6)28-38(40)51-37-16-10-14-34-35-25-27-41-44(48(35)54(47(34)37)43-19-11-18-42(52)45(43)51)36-15-9-13-33-32-12-7-8-17-39(32)53(41)46(33)36/h7-28H,1-6H3. The molecule has 10 aromatic rings. The first-order valence-corrected chi connectivity index (χ1v) is 19.4. The molecule has 3 aromatic heterocycles. The summed E-state index contributed by atoms with van der Waals surface area (Å²) in [7, 11) is 0. The number of para-hydroxylation sites is 3. The number of rotatable bonds is 1. The van der Waals surface area contributed by atoms with Crippen LogP contribution < -0.4 is 21.3 Å². The van der Waals surface area contributed by atoms with Crippen LogP contribution in [0.15, 0.2) is 133 Å². The number of hydrogen-bond acceptors (Lipinski definition) is 1. The van der Waals surface area contributed by atoms with Gasteiger partial charge in [0.05, 0.1) is 22.1 Å². The molecule has 0 bridgehead atoms. The molecule has 0 saturated heterocycles. The predicted octanol–water partition coefficient (Wildman–Crippen LogP) is 11.1. The SMILES string of the molecule is CC(C)(C)c1ccc(N2c3ccc(C(C)(C)C)cc3B3c4c2cccc4-n2c4c3cccc4c3ccc4c(c5cccc6c7ccccc7n4c65)c32)cc1. The lowest BCUT2D eigenvalue weighted by molar-refractivity contribution is 0.590. The molecule has 0 unspecified atom stereocenters. The third-order valence-corrected chi connectivity index (χ3v) is 12.7. The third kappa shape index (κ3) is 3.69. The zero-order valence-corrected chi connectivity index (χ0v) is 31.6. The zero-order valence-electron chi connectivity index (χ0n) is 31.6. The van der Waals surface area contributed by atoms with Crippen LogP contribution in [0, 0.1) is 0 Å². The van der Waals surface area contributed by atoms with Gasteiger partial charge in [0.25, 0.3) is 6.71 Å². The normalized spacial score (nSPS) is 14.0. The largest absolute Gasteiger partial charge is 0.311 e. The van der Waals surface area contributed by atoms with Crippen molar-refractivity contribution in [2.75, 3.05) is 4.90 Å². The van der Waals surface area contributed by atoms with E-state index in [-0.39, 0.29) is 17.5 Å². The van der Waals surface area contributed by atoms with Gasteiger partial charge in [-0.3, -0.25) is 0 Å². The van der Waals surface area contributed by atoms with E-state index in [0.29, 0.717) is 0 Å². The Balaban J connectivity index is 1.24. The minimum absolute atomic E-state index is 0.0197. The molecule has 0 saturated carbocycles. The smallest absolute Gasteiger partial charge is 0.252 e. The second-order valence-corrected chi connectivity index (χ2v) is 17.8. The first-order valence-electron chi connectivity index (χ1n) is 19.4. The quantitative estimate of drug-likeness (QED) is 0.156. The van der Waals surface area contributed by atoms with E-state index in [1.165, 1.54) is 110 Å². The molecular formula is C50H40BN3. The highest BCUT2D eigenvalue weighted by atomic mass is 15.2. The second kappa shape index (κ2) is 9.95. The van der Waals surface area contributed by atoms with E-state index in [2.05, 4.69) is 189 Å². The molecule has 0 atom stereocenters. The van der Waals surface area contributed by atoms with Crippen molar-refractivity contribution in [2.24, 2.45) is 0 Å². The van der Waals surface area contributed by atoms with Gasteiger partial charge >= 0.3 is 0 Å². The molecular weight excluding hydrogens is 653 g/mol. The molecule has 258 valence electrons. The van der Waals surface area contributed by atoms with Gasteiger partial charge in [-0.05, 0) is 80.8 Å². The van der Waals surface area contributed by atoms with Gasteiger partial charge in [0.1, 0.15) is 0 Å². The Morgan fingerprint density at radius 1 is 0.444 bits per heavy atom. The number of aromatic nitrogens is 2. The Kier molecular flexibility index (Phi) is 5.61. The number of hydrogen-bond donors (Lipinski definition) is 0. The van der Waals surface area contributed by atoms with Crippen molar-refractivity contribution < 1.29 is 0 Å². The minimum Gasteiger partial charge on any atom is -0.311 e. The van der Waals surface area contributed by atoms with Gasteiger partial charge in [0.2, 0.25) is 0 Å². The van der Waals surface area contributed by atoms with Crippen molar-refractivity contribution in [3.8, 4) is 5.69 Å². The lowest BCUT2D eigenvalue weighted by Crippen LogP contribution is -2.60. The van der Waals surface area contributed by atoms with Gasteiger partial charge in [-0.2, -0.15) is 0 Å². The van der Waals surface area contributed by atoms with Gasteiger partial charge < -0.3 is 13.9 Å². The lowest BCUT2D eigenvalue weighted by Gasteiger charge is -2.41. The molecule has 0 radical (unpaired) electrons. The Bertz CT molecular complexity index is 3240. The van der Waals surface area contributed by atoms with Gasteiger partial charge in [0, 0.05) is 60.6 Å². The highest BCUT2D eigenvalue weighted by Crippen LogP contribution is 2.47. The first kappa shape index (κ1) is 30.5. The van der Waals surface area contributed by atoms with E-state index < -0.39 is 0 Å². The van der Waals surface area contributed by atoms with Crippen LogP contribution in [0.2, 0.25) is 0 Å². The summed E-state index contributed by atoms with van der Waals surface area (Å²) in [4.78, 5) is 2.53. The van der Waals surface area contributed by atoms with Crippen molar-refractivity contribution in [1.82, 2.24) is 8.97 Å². The molecule has 5 heterocycles. The van der Waals surface area contributed by atoms with E-state index in [1.54, 1.807) is 0 Å². The van der Waals surface area contributed by atoms with Gasteiger partial charge in [-0.15, -0.1) is 0 Å². The molecule has 0 fully saturated rings. The fourth-order valence-electron chi connectivity index (χ4n) is 10.2. The van der Waals surface area contributed by atoms with Crippen LogP contribution >= 0.6 is 0 Å². The lowest BCUT2D eigenvalue weighted by atomic mass is 9.33. The number of fused-ring (bicyclic) bond motifs is 14. The molecule has 0 amide bonds. The summed E-state index contributed by atoms with van der Waals surface area (Å²) in [6.45, 7) is 14.0. The predicted molar refractivity (Wildman–Crippen MR) is 232 cm³/mol. The van der Waals surface area contributed by atoms with E-state index in [9.17, 15) is 0 Å². The van der Waals surface area contributed by atoms with Gasteiger partial charge in [0.15, 0.2) is 0 Å². The van der Waals surface area contributed by atoms with Crippen molar-refractivity contribution >= 4 is 100 Å². The van der Waals surface area contributed by atoms with Crippen LogP contribution in [0.4, 0.5) is 17.1 Å². The first-order chi connectivity index (χ1) is 26.1. The molecule has 2 aliphatic rings. The average molecular weight is 694 g/mol. The molecule has 3 nitrogen and oxygen atoms in total. The fourth-order valence-corrected chi connectivity index (χ4v) is 10.2. The van der Waals surface area contributed by atoms with E-state index in [4.69, 9.17) is 0 Å². The third-order valence-electron chi connectivity index (χ3n) is 12.7. The summed E-state index contributed by atoms with van der Waals surface area (Å²) in [5, 5.41) is 7.92. The maximum absolute atomic E-state index is 2.64. The number of benzene rings is 7. The highest BCUT2D eigenvalue weighted by Gasteiger charge is 2.42. The molecule has 2 aliphatic heterocycles. The van der Waals surface area contributed by atoms with Crippen LogP contribution in [-0.2, 0) is 10.8 Å². The van der Waals surface area contributed by atoms with Gasteiger partial charge in [-0.1, -0.05) is 133 Å². The minimum atomic E-state index is 0.0197. The Labute approximate surface area is 315 Å². The summed E-state index contributed by atoms with van der Waals surface area (Å²) in [5.74, 6) is 0. The topological polar surface area (TPSA) is 12.6 Å². The highest BCUT2D eigenvalue weighted by molar-refractivity contribution is 7.00. The maximum Gasteiger partial charge on any atom is 0.252 e. The van der Waals surface area contributed by atoms with Crippen LogP contribution in [0.25, 0.3) is 65.6 Å². The summed E-state index contributed by atoms with van der Waals surface area (Å²) in [6, 6.07) is 51.1. The van der Waals surface area contributed by atoms with Crippen LogP contribution in [0.3, 0.4) is 0 Å². The molecule has 0 spiro atoms. The van der Waals surface area contributed by atoms with Gasteiger partial charge in [-0.25, -0.2) is 0 Å². The summed E-state index contributed by atoms with van der Waals surface area (Å²) >= 11 is 0. The average Bonchev–Trinajstić information content (AvgIpc) is 3.81. The number of anilines is 3. The second-order valence-electron chi connectivity index (χ2n) is 17.8. The Morgan fingerprint density at radius 3 is 1.89 bits per heavy atom. The monoisotopic (exact) mass is 693 g/mol. The van der Waals surface area contributed by atoms with Crippen LogP contribution in [0.1, 0.15) is 52.7 Å². The Morgan fingerprint density at radius 2 is 1.09 bits per heavy atom. The van der Waals surface area contributed by atoms with E-state index in [0.717, 1.165) is 0 Å². The summed E-state index contributed by atoms with van der Waals surface area (Å²) in [5.41, 5.74) is 18.4. The molecule has 12 rings (SSSR count). The van der Waals surface area contributed by atoms with Crippen molar-refractivity contribution in [2.45, 2.75) is 52.4 Å². The van der Waals surface area contributed by atoms with Crippen LogP contribution in [0.5, 0.6) is 0 Å². The van der Waals surface area contributed by atoms with Crippen molar-refractivity contribution in [3.63, 3.8) is 0 Å².